The minimum absolute atomic E-state index is 0.0208. The molecule has 1 N–H and O–H groups in total. The monoisotopic (exact) mass is 449 g/mol. The fraction of sp³-hybridized carbons (Fsp3) is 0.250. The molecular formula is C24H24ClN5O2. The molecule has 0 radical (unpaired) electrons. The molecule has 0 aliphatic carbocycles. The first-order chi connectivity index (χ1) is 15.5. The number of aliphatic imine (C=N–C) groups is 1. The number of morpholine rings is 1. The molecule has 1 aliphatic rings. The SMILES string of the molecule is C\C(Cl)=C/N=C\C=C(/C)c1[nH]nc2ncc(-c3cccc(C(=O)N4CCOCC4)c3)cc12. The number of pyridine rings is 1. The average molecular weight is 450 g/mol. The van der Waals surface area contributed by atoms with Crippen molar-refractivity contribution < 1.29 is 9.53 Å². The number of H-pyrrole nitrogens is 1. The van der Waals surface area contributed by atoms with Crippen molar-refractivity contribution in [2.45, 2.75) is 13.8 Å². The van der Waals surface area contributed by atoms with E-state index in [1.54, 1.807) is 25.5 Å². The van der Waals surface area contributed by atoms with Gasteiger partial charge in [0.1, 0.15) is 0 Å². The largest absolute Gasteiger partial charge is 0.378 e. The van der Waals surface area contributed by atoms with E-state index in [-0.39, 0.29) is 5.91 Å². The molecule has 164 valence electrons. The number of rotatable bonds is 5. The highest BCUT2D eigenvalue weighted by Crippen LogP contribution is 2.27. The Morgan fingerprint density at radius 1 is 1.22 bits per heavy atom. The molecule has 3 heterocycles. The number of carbonyl (C=O) groups excluding carboxylic acids is 1. The summed E-state index contributed by atoms with van der Waals surface area (Å²) in [5.74, 6) is 0.0208. The number of ether oxygens (including phenoxy) is 1. The zero-order valence-corrected chi connectivity index (χ0v) is 18.8. The van der Waals surface area contributed by atoms with Crippen LogP contribution in [0, 0.1) is 0 Å². The van der Waals surface area contributed by atoms with Crippen LogP contribution in [-0.2, 0) is 4.74 Å². The maximum Gasteiger partial charge on any atom is 0.254 e. The summed E-state index contributed by atoms with van der Waals surface area (Å²) in [4.78, 5) is 23.3. The Bertz CT molecular complexity index is 1220. The summed E-state index contributed by atoms with van der Waals surface area (Å²) in [6, 6.07) is 9.68. The van der Waals surface area contributed by atoms with Crippen molar-refractivity contribution >= 4 is 40.3 Å². The van der Waals surface area contributed by atoms with E-state index in [4.69, 9.17) is 16.3 Å². The van der Waals surface area contributed by atoms with Gasteiger partial charge >= 0.3 is 0 Å². The molecular weight excluding hydrogens is 426 g/mol. The highest BCUT2D eigenvalue weighted by Gasteiger charge is 2.19. The second kappa shape index (κ2) is 9.89. The number of aromatic nitrogens is 3. The summed E-state index contributed by atoms with van der Waals surface area (Å²) in [5, 5.41) is 8.88. The summed E-state index contributed by atoms with van der Waals surface area (Å²) < 4.78 is 5.35. The van der Waals surface area contributed by atoms with Crippen molar-refractivity contribution in [1.29, 1.82) is 0 Å². The third-order valence-corrected chi connectivity index (χ3v) is 5.31. The van der Waals surface area contributed by atoms with Crippen molar-refractivity contribution in [2.75, 3.05) is 26.3 Å². The number of allylic oxidation sites excluding steroid dienone is 3. The van der Waals surface area contributed by atoms with Gasteiger partial charge in [0.15, 0.2) is 5.65 Å². The van der Waals surface area contributed by atoms with Gasteiger partial charge in [0.2, 0.25) is 0 Å². The Kier molecular flexibility index (Phi) is 6.78. The van der Waals surface area contributed by atoms with Gasteiger partial charge in [-0.15, -0.1) is 0 Å². The minimum atomic E-state index is 0.0208. The second-order valence-electron chi connectivity index (χ2n) is 7.54. The Morgan fingerprint density at radius 2 is 2.03 bits per heavy atom. The standard InChI is InChI=1S/C24H24ClN5O2/c1-16(6-7-26-14-17(2)25)22-21-13-20(15-27-23(21)29-28-22)18-4-3-5-19(12-18)24(31)30-8-10-32-11-9-30/h3-7,12-15H,8-11H2,1-2H3,(H,27,28,29)/b16-6+,17-14+,26-7-. The first kappa shape index (κ1) is 21.9. The molecule has 8 heteroatoms. The van der Waals surface area contributed by atoms with E-state index in [9.17, 15) is 4.79 Å². The van der Waals surface area contributed by atoms with Gasteiger partial charge in [-0.1, -0.05) is 23.7 Å². The Hall–Kier alpha value is -3.29. The Balaban J connectivity index is 1.64. The predicted octanol–water partition coefficient (Wildman–Crippen LogP) is 4.67. The molecule has 0 spiro atoms. The number of fused-ring (bicyclic) bond motifs is 1. The van der Waals surface area contributed by atoms with Gasteiger partial charge in [0.25, 0.3) is 5.91 Å². The first-order valence-corrected chi connectivity index (χ1v) is 10.7. The number of carbonyl (C=O) groups is 1. The summed E-state index contributed by atoms with van der Waals surface area (Å²) in [6.07, 6.45) is 6.94. The van der Waals surface area contributed by atoms with Gasteiger partial charge in [-0.25, -0.2) is 4.98 Å². The van der Waals surface area contributed by atoms with E-state index in [1.165, 1.54) is 0 Å². The maximum absolute atomic E-state index is 12.9. The van der Waals surface area contributed by atoms with Gasteiger partial charge in [0, 0.05) is 53.2 Å². The first-order valence-electron chi connectivity index (χ1n) is 10.4. The van der Waals surface area contributed by atoms with E-state index in [0.29, 0.717) is 42.5 Å². The molecule has 2 aromatic heterocycles. The van der Waals surface area contributed by atoms with Crippen LogP contribution in [0.15, 0.2) is 58.8 Å². The predicted molar refractivity (Wildman–Crippen MR) is 128 cm³/mol. The molecule has 0 unspecified atom stereocenters. The van der Waals surface area contributed by atoms with Gasteiger partial charge in [-0.05, 0) is 49.3 Å². The van der Waals surface area contributed by atoms with E-state index in [0.717, 1.165) is 27.8 Å². The van der Waals surface area contributed by atoms with Crippen LogP contribution in [0.25, 0.3) is 27.7 Å². The highest BCUT2D eigenvalue weighted by atomic mass is 35.5. The van der Waals surface area contributed by atoms with Gasteiger partial charge in [-0.3, -0.25) is 14.9 Å². The number of aromatic amines is 1. The normalized spacial score (nSPS) is 15.7. The van der Waals surface area contributed by atoms with Crippen LogP contribution in [-0.4, -0.2) is 58.5 Å². The minimum Gasteiger partial charge on any atom is -0.378 e. The smallest absolute Gasteiger partial charge is 0.254 e. The molecule has 1 fully saturated rings. The van der Waals surface area contributed by atoms with Crippen LogP contribution in [0.4, 0.5) is 0 Å². The molecule has 0 saturated carbocycles. The van der Waals surface area contributed by atoms with Crippen molar-refractivity contribution in [3.8, 4) is 11.1 Å². The summed E-state index contributed by atoms with van der Waals surface area (Å²) in [5.41, 5.74) is 4.97. The van der Waals surface area contributed by atoms with Crippen LogP contribution in [0.1, 0.15) is 29.9 Å². The lowest BCUT2D eigenvalue weighted by atomic mass is 10.0. The van der Waals surface area contributed by atoms with Crippen LogP contribution in [0.5, 0.6) is 0 Å². The lowest BCUT2D eigenvalue weighted by Crippen LogP contribution is -2.40. The molecule has 7 nitrogen and oxygen atoms in total. The van der Waals surface area contributed by atoms with Crippen LogP contribution >= 0.6 is 11.6 Å². The molecule has 1 aromatic carbocycles. The number of hydrogen-bond donors (Lipinski definition) is 1. The third kappa shape index (κ3) is 4.95. The molecule has 1 amide bonds. The zero-order valence-electron chi connectivity index (χ0n) is 18.0. The van der Waals surface area contributed by atoms with Gasteiger partial charge < -0.3 is 9.64 Å². The molecule has 0 bridgehead atoms. The summed E-state index contributed by atoms with van der Waals surface area (Å²) >= 11 is 5.79. The van der Waals surface area contributed by atoms with E-state index >= 15 is 0 Å². The van der Waals surface area contributed by atoms with E-state index in [1.807, 2.05) is 48.2 Å². The summed E-state index contributed by atoms with van der Waals surface area (Å²) in [6.45, 7) is 6.14. The average Bonchev–Trinajstić information content (AvgIpc) is 3.25. The van der Waals surface area contributed by atoms with Gasteiger partial charge in [0.05, 0.1) is 18.9 Å². The number of amides is 1. The third-order valence-electron chi connectivity index (χ3n) is 5.21. The van der Waals surface area contributed by atoms with Crippen LogP contribution < -0.4 is 0 Å². The van der Waals surface area contributed by atoms with E-state index < -0.39 is 0 Å². The maximum atomic E-state index is 12.9. The topological polar surface area (TPSA) is 83.5 Å². The number of nitrogens with one attached hydrogen (secondary N) is 1. The van der Waals surface area contributed by atoms with Gasteiger partial charge in [-0.2, -0.15) is 5.10 Å². The lowest BCUT2D eigenvalue weighted by molar-refractivity contribution is 0.0303. The molecule has 1 saturated heterocycles. The van der Waals surface area contributed by atoms with Crippen molar-refractivity contribution in [3.63, 3.8) is 0 Å². The number of hydrogen-bond acceptors (Lipinski definition) is 5. The summed E-state index contributed by atoms with van der Waals surface area (Å²) in [7, 11) is 0. The lowest BCUT2D eigenvalue weighted by Gasteiger charge is -2.27. The fourth-order valence-electron chi connectivity index (χ4n) is 3.52. The van der Waals surface area contributed by atoms with Crippen LogP contribution in [0.3, 0.4) is 0 Å². The molecule has 3 aromatic rings. The van der Waals surface area contributed by atoms with E-state index in [2.05, 4.69) is 20.2 Å². The highest BCUT2D eigenvalue weighted by molar-refractivity contribution is 6.29. The molecule has 32 heavy (non-hydrogen) atoms. The van der Waals surface area contributed by atoms with Crippen molar-refractivity contribution in [3.05, 3.63) is 65.1 Å². The molecule has 0 atom stereocenters. The quantitative estimate of drug-likeness (QED) is 0.573. The second-order valence-corrected chi connectivity index (χ2v) is 8.14. The van der Waals surface area contributed by atoms with Crippen molar-refractivity contribution in [2.24, 2.45) is 4.99 Å². The molecule has 1 aliphatic heterocycles. The number of benzene rings is 1. The Labute approximate surface area is 191 Å². The van der Waals surface area contributed by atoms with Crippen LogP contribution in [0.2, 0.25) is 0 Å². The number of nitrogens with zero attached hydrogens (tertiary/aromatic N) is 4. The Morgan fingerprint density at radius 3 is 2.81 bits per heavy atom. The number of halogens is 1. The van der Waals surface area contributed by atoms with Crippen molar-refractivity contribution in [1.82, 2.24) is 20.1 Å². The fourth-order valence-corrected chi connectivity index (χ4v) is 3.58. The molecule has 4 rings (SSSR count). The zero-order chi connectivity index (χ0) is 22.5.